The largest absolute Gasteiger partial charge is 0.359 e. The fraction of sp³-hybridized carbons (Fsp3) is 0.688. The Bertz CT molecular complexity index is 411. The molecule has 0 aromatic carbocycles. The van der Waals surface area contributed by atoms with Crippen LogP contribution in [0.25, 0.3) is 0 Å². The number of halogens is 1. The summed E-state index contributed by atoms with van der Waals surface area (Å²) in [4.78, 5) is 7.09. The highest BCUT2D eigenvalue weighted by molar-refractivity contribution is 6.17. The van der Waals surface area contributed by atoms with Crippen LogP contribution in [0.15, 0.2) is 12.1 Å². The maximum atomic E-state index is 6.00. The Morgan fingerprint density at radius 1 is 1.32 bits per heavy atom. The first kappa shape index (κ1) is 14.6. The molecule has 1 fully saturated rings. The molecule has 19 heavy (non-hydrogen) atoms. The minimum atomic E-state index is 0.446. The van der Waals surface area contributed by atoms with Gasteiger partial charge in [-0.3, -0.25) is 0 Å². The van der Waals surface area contributed by atoms with Crippen LogP contribution in [-0.4, -0.2) is 18.6 Å². The molecule has 1 aromatic rings. The van der Waals surface area contributed by atoms with E-state index in [2.05, 4.69) is 37.9 Å². The number of nitrogens with zero attached hydrogens (tertiary/aromatic N) is 2. The van der Waals surface area contributed by atoms with Gasteiger partial charge in [0.25, 0.3) is 0 Å². The van der Waals surface area contributed by atoms with Crippen LogP contribution in [0.1, 0.15) is 56.7 Å². The normalized spacial score (nSPS) is 16.3. The molecule has 0 N–H and O–H groups in total. The second-order valence-electron chi connectivity index (χ2n) is 6.08. The molecule has 1 aliphatic rings. The summed E-state index contributed by atoms with van der Waals surface area (Å²) in [5.74, 6) is 2.93. The smallest absolute Gasteiger partial charge is 0.128 e. The second-order valence-corrected chi connectivity index (χ2v) is 6.35. The van der Waals surface area contributed by atoms with E-state index in [4.69, 9.17) is 16.6 Å². The van der Waals surface area contributed by atoms with Crippen molar-refractivity contribution in [2.75, 3.05) is 18.5 Å². The van der Waals surface area contributed by atoms with E-state index in [-0.39, 0.29) is 0 Å². The number of pyridine rings is 1. The van der Waals surface area contributed by atoms with Crippen LogP contribution in [0.2, 0.25) is 0 Å². The van der Waals surface area contributed by atoms with Crippen LogP contribution in [0.3, 0.4) is 0 Å². The maximum Gasteiger partial charge on any atom is 0.128 e. The minimum Gasteiger partial charge on any atom is -0.359 e. The van der Waals surface area contributed by atoms with Crippen molar-refractivity contribution >= 4 is 17.4 Å². The summed E-state index contributed by atoms with van der Waals surface area (Å²) >= 11 is 6.00. The van der Waals surface area contributed by atoms with Crippen molar-refractivity contribution in [2.45, 2.75) is 51.3 Å². The number of anilines is 1. The van der Waals surface area contributed by atoms with Gasteiger partial charge in [0.1, 0.15) is 5.82 Å². The van der Waals surface area contributed by atoms with Crippen molar-refractivity contribution in [3.05, 3.63) is 23.4 Å². The molecule has 0 aliphatic heterocycles. The lowest BCUT2D eigenvalue weighted by Gasteiger charge is -2.23. The summed E-state index contributed by atoms with van der Waals surface area (Å²) in [6.45, 7) is 5.48. The monoisotopic (exact) mass is 280 g/mol. The topological polar surface area (TPSA) is 16.1 Å². The van der Waals surface area contributed by atoms with Crippen LogP contribution < -0.4 is 4.90 Å². The van der Waals surface area contributed by atoms with Gasteiger partial charge in [-0.25, -0.2) is 4.98 Å². The molecule has 1 aliphatic carbocycles. The minimum absolute atomic E-state index is 0.446. The van der Waals surface area contributed by atoms with Gasteiger partial charge in [-0.15, -0.1) is 11.6 Å². The summed E-state index contributed by atoms with van der Waals surface area (Å²) < 4.78 is 0. The Morgan fingerprint density at radius 3 is 2.58 bits per heavy atom. The van der Waals surface area contributed by atoms with Gasteiger partial charge in [0, 0.05) is 25.2 Å². The average molecular weight is 281 g/mol. The van der Waals surface area contributed by atoms with Crippen LogP contribution in [0.4, 0.5) is 5.82 Å². The quantitative estimate of drug-likeness (QED) is 0.735. The summed E-state index contributed by atoms with van der Waals surface area (Å²) in [5.41, 5.74) is 2.32. The first-order valence-corrected chi connectivity index (χ1v) is 7.91. The van der Waals surface area contributed by atoms with E-state index in [1.807, 2.05) is 0 Å². The van der Waals surface area contributed by atoms with Gasteiger partial charge in [0.15, 0.2) is 0 Å². The summed E-state index contributed by atoms with van der Waals surface area (Å²) in [5, 5.41) is 0. The van der Waals surface area contributed by atoms with Crippen molar-refractivity contribution in [3.8, 4) is 0 Å². The molecular weight excluding hydrogens is 256 g/mol. The van der Waals surface area contributed by atoms with Crippen molar-refractivity contribution in [1.29, 1.82) is 0 Å². The van der Waals surface area contributed by atoms with E-state index in [0.717, 1.165) is 24.0 Å². The summed E-state index contributed by atoms with van der Waals surface area (Å²) in [6.07, 6.45) is 5.53. The zero-order valence-electron chi connectivity index (χ0n) is 12.3. The fourth-order valence-electron chi connectivity index (χ4n) is 2.84. The van der Waals surface area contributed by atoms with Crippen LogP contribution in [0.5, 0.6) is 0 Å². The van der Waals surface area contributed by atoms with E-state index < -0.39 is 0 Å². The highest BCUT2D eigenvalue weighted by Gasteiger charge is 2.18. The van der Waals surface area contributed by atoms with Gasteiger partial charge in [-0.2, -0.15) is 0 Å². The molecular formula is C16H25ClN2. The predicted molar refractivity (Wildman–Crippen MR) is 83.1 cm³/mol. The van der Waals surface area contributed by atoms with Gasteiger partial charge in [0.05, 0.1) is 0 Å². The molecule has 0 amide bonds. The average Bonchev–Trinajstić information content (AvgIpc) is 2.90. The van der Waals surface area contributed by atoms with Gasteiger partial charge in [-0.1, -0.05) is 26.7 Å². The lowest BCUT2D eigenvalue weighted by atomic mass is 10.1. The SMILES string of the molecule is CC(C)c1cc(CCl)cc(N(C)CC2CCCC2)n1. The van der Waals surface area contributed by atoms with E-state index in [1.165, 1.54) is 31.2 Å². The molecule has 1 saturated carbocycles. The first-order chi connectivity index (χ1) is 9.10. The standard InChI is InChI=1S/C16H25ClN2/c1-12(2)15-8-14(10-17)9-16(18-15)19(3)11-13-6-4-5-7-13/h8-9,12-13H,4-7,10-11H2,1-3H3. The highest BCUT2D eigenvalue weighted by atomic mass is 35.5. The lowest BCUT2D eigenvalue weighted by Crippen LogP contribution is -2.25. The molecule has 0 radical (unpaired) electrons. The predicted octanol–water partition coefficient (Wildman–Crippen LogP) is 4.57. The molecule has 1 heterocycles. The summed E-state index contributed by atoms with van der Waals surface area (Å²) in [7, 11) is 2.16. The number of rotatable bonds is 5. The Morgan fingerprint density at radius 2 is 2.00 bits per heavy atom. The molecule has 2 nitrogen and oxygen atoms in total. The zero-order valence-corrected chi connectivity index (χ0v) is 13.1. The number of aromatic nitrogens is 1. The van der Waals surface area contributed by atoms with Crippen molar-refractivity contribution in [1.82, 2.24) is 4.98 Å². The van der Waals surface area contributed by atoms with Crippen LogP contribution in [0, 0.1) is 5.92 Å². The second kappa shape index (κ2) is 6.60. The molecule has 0 bridgehead atoms. The molecule has 3 heteroatoms. The van der Waals surface area contributed by atoms with E-state index >= 15 is 0 Å². The Kier molecular flexibility index (Phi) is 5.09. The van der Waals surface area contributed by atoms with Crippen molar-refractivity contribution < 1.29 is 0 Å². The Balaban J connectivity index is 2.14. The van der Waals surface area contributed by atoms with Gasteiger partial charge < -0.3 is 4.90 Å². The number of alkyl halides is 1. The molecule has 0 unspecified atom stereocenters. The van der Waals surface area contributed by atoms with Gasteiger partial charge in [0.2, 0.25) is 0 Å². The first-order valence-electron chi connectivity index (χ1n) is 7.38. The van der Waals surface area contributed by atoms with E-state index in [0.29, 0.717) is 11.8 Å². The van der Waals surface area contributed by atoms with Crippen LogP contribution in [-0.2, 0) is 5.88 Å². The third kappa shape index (κ3) is 3.85. The third-order valence-electron chi connectivity index (χ3n) is 4.04. The van der Waals surface area contributed by atoms with Crippen molar-refractivity contribution in [2.24, 2.45) is 5.92 Å². The van der Waals surface area contributed by atoms with Gasteiger partial charge >= 0.3 is 0 Å². The molecule has 0 spiro atoms. The zero-order chi connectivity index (χ0) is 13.8. The van der Waals surface area contributed by atoms with E-state index in [9.17, 15) is 0 Å². The number of hydrogen-bond acceptors (Lipinski definition) is 2. The molecule has 1 aromatic heterocycles. The Hall–Kier alpha value is -0.760. The summed E-state index contributed by atoms with van der Waals surface area (Å²) in [6, 6.07) is 4.26. The molecule has 0 atom stereocenters. The van der Waals surface area contributed by atoms with E-state index in [1.54, 1.807) is 0 Å². The maximum absolute atomic E-state index is 6.00. The third-order valence-corrected chi connectivity index (χ3v) is 4.34. The fourth-order valence-corrected chi connectivity index (χ4v) is 2.99. The van der Waals surface area contributed by atoms with Crippen molar-refractivity contribution in [3.63, 3.8) is 0 Å². The molecule has 2 rings (SSSR count). The Labute approximate surface area is 122 Å². The van der Waals surface area contributed by atoms with Crippen LogP contribution >= 0.6 is 11.6 Å². The van der Waals surface area contributed by atoms with Gasteiger partial charge in [-0.05, 0) is 42.4 Å². The highest BCUT2D eigenvalue weighted by Crippen LogP contribution is 2.27. The lowest BCUT2D eigenvalue weighted by molar-refractivity contribution is 0.544. The number of hydrogen-bond donors (Lipinski definition) is 0. The molecule has 106 valence electrons. The molecule has 0 saturated heterocycles.